The molecule has 2 heteroatoms. The molecule has 0 N–H and O–H groups in total. The summed E-state index contributed by atoms with van der Waals surface area (Å²) in [5.41, 5.74) is 1.52. The van der Waals surface area contributed by atoms with Crippen molar-refractivity contribution >= 4 is 15.9 Å². The Morgan fingerprint density at radius 2 is 1.88 bits per heavy atom. The quantitative estimate of drug-likeness (QED) is 0.791. The number of hydrogen-bond donors (Lipinski definition) is 0. The SMILES string of the molecule is C[C@@H]1CCCN1[C@H]1C[C@@H](c2ccc(Br)cc2)C1. The smallest absolute Gasteiger partial charge is 0.0175 e. The normalized spacial score (nSPS) is 33.6. The largest absolute Gasteiger partial charge is 0.298 e. The van der Waals surface area contributed by atoms with Crippen molar-refractivity contribution < 1.29 is 0 Å². The minimum Gasteiger partial charge on any atom is -0.298 e. The molecule has 2 fully saturated rings. The van der Waals surface area contributed by atoms with E-state index in [4.69, 9.17) is 0 Å². The van der Waals surface area contributed by atoms with Crippen molar-refractivity contribution in [2.24, 2.45) is 0 Å². The molecule has 1 nitrogen and oxygen atoms in total. The zero-order valence-corrected chi connectivity index (χ0v) is 12.0. The number of rotatable bonds is 2. The Morgan fingerprint density at radius 1 is 1.18 bits per heavy atom. The average molecular weight is 294 g/mol. The van der Waals surface area contributed by atoms with Crippen LogP contribution in [-0.2, 0) is 0 Å². The highest BCUT2D eigenvalue weighted by Crippen LogP contribution is 2.42. The first-order chi connectivity index (χ1) is 8.24. The molecule has 1 saturated heterocycles. The molecule has 0 radical (unpaired) electrons. The van der Waals surface area contributed by atoms with Crippen molar-refractivity contribution in [1.29, 1.82) is 0 Å². The van der Waals surface area contributed by atoms with E-state index >= 15 is 0 Å². The van der Waals surface area contributed by atoms with Gasteiger partial charge in [-0.05, 0) is 62.8 Å². The van der Waals surface area contributed by atoms with Gasteiger partial charge in [-0.2, -0.15) is 0 Å². The fraction of sp³-hybridized carbons (Fsp3) is 0.600. The number of halogens is 1. The lowest BCUT2D eigenvalue weighted by Crippen LogP contribution is -2.45. The van der Waals surface area contributed by atoms with Gasteiger partial charge in [-0.1, -0.05) is 28.1 Å². The van der Waals surface area contributed by atoms with Crippen molar-refractivity contribution in [1.82, 2.24) is 4.90 Å². The summed E-state index contributed by atoms with van der Waals surface area (Å²) in [4.78, 5) is 2.73. The summed E-state index contributed by atoms with van der Waals surface area (Å²) in [6.07, 6.45) is 5.54. The Labute approximate surface area is 112 Å². The Bertz CT molecular complexity index is 380. The van der Waals surface area contributed by atoms with Crippen molar-refractivity contribution in [3.63, 3.8) is 0 Å². The van der Waals surface area contributed by atoms with Crippen LogP contribution in [0.15, 0.2) is 28.7 Å². The van der Waals surface area contributed by atoms with E-state index in [0.717, 1.165) is 18.0 Å². The van der Waals surface area contributed by atoms with Crippen LogP contribution < -0.4 is 0 Å². The Kier molecular flexibility index (Phi) is 3.27. The summed E-state index contributed by atoms with van der Waals surface area (Å²) in [7, 11) is 0. The molecule has 2 aliphatic rings. The fourth-order valence-electron chi connectivity index (χ4n) is 3.36. The molecule has 0 aromatic heterocycles. The molecular weight excluding hydrogens is 274 g/mol. The van der Waals surface area contributed by atoms with E-state index in [0.29, 0.717) is 0 Å². The van der Waals surface area contributed by atoms with Gasteiger partial charge in [0.1, 0.15) is 0 Å². The van der Waals surface area contributed by atoms with E-state index in [9.17, 15) is 0 Å². The predicted octanol–water partition coefficient (Wildman–Crippen LogP) is 4.18. The maximum Gasteiger partial charge on any atom is 0.0175 e. The van der Waals surface area contributed by atoms with Gasteiger partial charge < -0.3 is 0 Å². The van der Waals surface area contributed by atoms with E-state index in [-0.39, 0.29) is 0 Å². The first-order valence-electron chi connectivity index (χ1n) is 6.75. The second-order valence-electron chi connectivity index (χ2n) is 5.60. The average Bonchev–Trinajstić information content (AvgIpc) is 2.66. The van der Waals surface area contributed by atoms with Crippen molar-refractivity contribution in [2.75, 3.05) is 6.54 Å². The summed E-state index contributed by atoms with van der Waals surface area (Å²) in [5, 5.41) is 0. The lowest BCUT2D eigenvalue weighted by molar-refractivity contribution is 0.103. The van der Waals surface area contributed by atoms with Crippen LogP contribution in [0.5, 0.6) is 0 Å². The number of likely N-dealkylation sites (tertiary alicyclic amines) is 1. The van der Waals surface area contributed by atoms with Crippen LogP contribution in [0.3, 0.4) is 0 Å². The molecule has 0 amide bonds. The summed E-state index contributed by atoms with van der Waals surface area (Å²) in [5.74, 6) is 0.806. The van der Waals surface area contributed by atoms with Crippen LogP contribution in [-0.4, -0.2) is 23.5 Å². The van der Waals surface area contributed by atoms with Gasteiger partial charge in [0, 0.05) is 16.6 Å². The van der Waals surface area contributed by atoms with Gasteiger partial charge >= 0.3 is 0 Å². The topological polar surface area (TPSA) is 3.24 Å². The molecule has 0 spiro atoms. The second-order valence-corrected chi connectivity index (χ2v) is 6.52. The fourth-order valence-corrected chi connectivity index (χ4v) is 3.63. The van der Waals surface area contributed by atoms with Gasteiger partial charge in [0.15, 0.2) is 0 Å². The third-order valence-corrected chi connectivity index (χ3v) is 5.06. The molecule has 1 aliphatic heterocycles. The van der Waals surface area contributed by atoms with E-state index < -0.39 is 0 Å². The molecular formula is C15H20BrN. The highest BCUT2D eigenvalue weighted by Gasteiger charge is 2.37. The van der Waals surface area contributed by atoms with E-state index in [1.807, 2.05) is 0 Å². The second kappa shape index (κ2) is 4.74. The van der Waals surface area contributed by atoms with Crippen LogP contribution in [0, 0.1) is 0 Å². The van der Waals surface area contributed by atoms with Gasteiger partial charge in [0.2, 0.25) is 0 Å². The Balaban J connectivity index is 1.59. The molecule has 17 heavy (non-hydrogen) atoms. The van der Waals surface area contributed by atoms with Crippen molar-refractivity contribution in [3.8, 4) is 0 Å². The number of benzene rings is 1. The Morgan fingerprint density at radius 3 is 2.47 bits per heavy atom. The van der Waals surface area contributed by atoms with Gasteiger partial charge in [0.25, 0.3) is 0 Å². The van der Waals surface area contributed by atoms with E-state index in [1.165, 1.54) is 42.3 Å². The summed E-state index contributed by atoms with van der Waals surface area (Å²) in [6, 6.07) is 10.6. The van der Waals surface area contributed by atoms with E-state index in [2.05, 4.69) is 52.0 Å². The van der Waals surface area contributed by atoms with E-state index in [1.54, 1.807) is 0 Å². The van der Waals surface area contributed by atoms with Crippen LogP contribution in [0.4, 0.5) is 0 Å². The van der Waals surface area contributed by atoms with Crippen LogP contribution in [0.2, 0.25) is 0 Å². The van der Waals surface area contributed by atoms with Gasteiger partial charge in [0.05, 0.1) is 0 Å². The van der Waals surface area contributed by atoms with Gasteiger partial charge in [-0.15, -0.1) is 0 Å². The molecule has 1 aromatic rings. The first kappa shape index (κ1) is 11.7. The van der Waals surface area contributed by atoms with Crippen molar-refractivity contribution in [2.45, 2.75) is 50.6 Å². The molecule has 1 saturated carbocycles. The maximum absolute atomic E-state index is 3.50. The first-order valence-corrected chi connectivity index (χ1v) is 7.54. The number of nitrogens with zero attached hydrogens (tertiary/aromatic N) is 1. The van der Waals surface area contributed by atoms with Crippen LogP contribution in [0.25, 0.3) is 0 Å². The zero-order chi connectivity index (χ0) is 11.8. The van der Waals surface area contributed by atoms with Crippen LogP contribution in [0.1, 0.15) is 44.1 Å². The zero-order valence-electron chi connectivity index (χ0n) is 10.4. The van der Waals surface area contributed by atoms with Crippen LogP contribution >= 0.6 is 15.9 Å². The number of hydrogen-bond acceptors (Lipinski definition) is 1. The molecule has 3 rings (SSSR count). The molecule has 92 valence electrons. The maximum atomic E-state index is 3.50. The predicted molar refractivity (Wildman–Crippen MR) is 75.3 cm³/mol. The minimum absolute atomic E-state index is 0.806. The standard InChI is InChI=1S/C15H20BrN/c1-11-3-2-8-17(11)15-9-13(10-15)12-4-6-14(16)7-5-12/h4-7,11,13,15H,2-3,8-10H2,1H3/t11-,13-,15+/m1/s1. The highest BCUT2D eigenvalue weighted by molar-refractivity contribution is 9.10. The monoisotopic (exact) mass is 293 g/mol. The van der Waals surface area contributed by atoms with Gasteiger partial charge in [-0.25, -0.2) is 0 Å². The summed E-state index contributed by atoms with van der Waals surface area (Å²) >= 11 is 3.50. The third-order valence-electron chi connectivity index (χ3n) is 4.53. The summed E-state index contributed by atoms with van der Waals surface area (Å²) < 4.78 is 1.19. The van der Waals surface area contributed by atoms with Gasteiger partial charge in [-0.3, -0.25) is 4.90 Å². The van der Waals surface area contributed by atoms with Crippen molar-refractivity contribution in [3.05, 3.63) is 34.3 Å². The molecule has 0 unspecified atom stereocenters. The lowest BCUT2D eigenvalue weighted by Gasteiger charge is -2.43. The molecule has 1 heterocycles. The summed E-state index contributed by atoms with van der Waals surface area (Å²) in [6.45, 7) is 3.72. The highest BCUT2D eigenvalue weighted by atomic mass is 79.9. The minimum atomic E-state index is 0.806. The third kappa shape index (κ3) is 2.30. The molecule has 1 atom stereocenters. The lowest BCUT2D eigenvalue weighted by atomic mass is 9.75. The molecule has 0 bridgehead atoms. The molecule has 1 aliphatic carbocycles. The molecule has 1 aromatic carbocycles. The Hall–Kier alpha value is -0.340.